The minimum Gasteiger partial charge on any atom is -0.469 e. The van der Waals surface area contributed by atoms with E-state index in [0.29, 0.717) is 10.7 Å². The van der Waals surface area contributed by atoms with E-state index in [4.69, 9.17) is 11.6 Å². The van der Waals surface area contributed by atoms with Crippen LogP contribution in [0.5, 0.6) is 0 Å². The first kappa shape index (κ1) is 13.2. The molecule has 1 heterocycles. The van der Waals surface area contributed by atoms with Gasteiger partial charge in [0, 0.05) is 21.6 Å². The van der Waals surface area contributed by atoms with E-state index in [1.807, 2.05) is 6.07 Å². The molecule has 1 aliphatic rings. The van der Waals surface area contributed by atoms with Crippen molar-refractivity contribution in [1.82, 2.24) is 0 Å². The Hall–Kier alpha value is -1.20. The average molecular weight is 286 g/mol. The van der Waals surface area contributed by atoms with Crippen LogP contribution in [0.1, 0.15) is 12.8 Å². The molecule has 1 N–H and O–H groups in total. The first-order valence-corrected chi connectivity index (χ1v) is 6.67. The summed E-state index contributed by atoms with van der Waals surface area (Å²) in [5.74, 6) is -0.421. The topological polar surface area (TPSA) is 55.4 Å². The largest absolute Gasteiger partial charge is 0.469 e. The number of amides is 1. The van der Waals surface area contributed by atoms with E-state index < -0.39 is 0 Å². The molecular formula is C12H12ClNO3S. The predicted octanol–water partition coefficient (Wildman–Crippen LogP) is 2.71. The molecule has 0 spiro atoms. The normalized spacial score (nSPS) is 18.6. The Kier molecular flexibility index (Phi) is 4.14. The highest BCUT2D eigenvalue weighted by Gasteiger charge is 2.24. The van der Waals surface area contributed by atoms with Gasteiger partial charge >= 0.3 is 5.97 Å². The van der Waals surface area contributed by atoms with Gasteiger partial charge in [-0.25, -0.2) is 0 Å². The predicted molar refractivity (Wildman–Crippen MR) is 71.0 cm³/mol. The van der Waals surface area contributed by atoms with Crippen molar-refractivity contribution in [2.45, 2.75) is 23.0 Å². The lowest BCUT2D eigenvalue weighted by Crippen LogP contribution is -2.18. The zero-order chi connectivity index (χ0) is 13.1. The summed E-state index contributed by atoms with van der Waals surface area (Å²) in [4.78, 5) is 23.9. The molecule has 0 fully saturated rings. The van der Waals surface area contributed by atoms with E-state index >= 15 is 0 Å². The quantitative estimate of drug-likeness (QED) is 0.849. The maximum atomic E-state index is 11.7. The van der Waals surface area contributed by atoms with Gasteiger partial charge in [0.05, 0.1) is 19.2 Å². The first-order valence-electron chi connectivity index (χ1n) is 5.41. The van der Waals surface area contributed by atoms with Crippen LogP contribution in [-0.4, -0.2) is 24.2 Å². The third-order valence-electron chi connectivity index (χ3n) is 2.54. The monoisotopic (exact) mass is 285 g/mol. The molecule has 0 saturated heterocycles. The summed E-state index contributed by atoms with van der Waals surface area (Å²) >= 11 is 7.38. The number of ether oxygens (including phenoxy) is 1. The zero-order valence-corrected chi connectivity index (χ0v) is 11.3. The number of carbonyl (C=O) groups is 2. The molecule has 0 aliphatic carbocycles. The molecule has 1 atom stereocenters. The third kappa shape index (κ3) is 3.17. The smallest absolute Gasteiger partial charge is 0.306 e. The molecule has 0 saturated carbocycles. The van der Waals surface area contributed by atoms with E-state index in [9.17, 15) is 9.59 Å². The van der Waals surface area contributed by atoms with Gasteiger partial charge in [0.25, 0.3) is 0 Å². The molecule has 18 heavy (non-hydrogen) atoms. The van der Waals surface area contributed by atoms with Crippen molar-refractivity contribution in [3.05, 3.63) is 23.2 Å². The molecule has 1 unspecified atom stereocenters. The number of nitrogens with one attached hydrogen (secondary N) is 1. The molecule has 0 aromatic heterocycles. The van der Waals surface area contributed by atoms with Crippen LogP contribution in [0.4, 0.5) is 5.69 Å². The Morgan fingerprint density at radius 3 is 3.11 bits per heavy atom. The van der Waals surface area contributed by atoms with E-state index in [-0.39, 0.29) is 30.0 Å². The lowest BCUT2D eigenvalue weighted by molar-refractivity contribution is -0.140. The third-order valence-corrected chi connectivity index (χ3v) is 4.06. The summed E-state index contributed by atoms with van der Waals surface area (Å²) in [5, 5.41) is 3.25. The second-order valence-corrected chi connectivity index (χ2v) is 5.69. The van der Waals surface area contributed by atoms with Gasteiger partial charge in [0.2, 0.25) is 5.91 Å². The van der Waals surface area contributed by atoms with Crippen LogP contribution in [0, 0.1) is 0 Å². The summed E-state index contributed by atoms with van der Waals surface area (Å²) in [6.07, 6.45) is 0.503. The minimum atomic E-state index is -0.308. The van der Waals surface area contributed by atoms with Crippen molar-refractivity contribution in [1.29, 1.82) is 0 Å². The van der Waals surface area contributed by atoms with Gasteiger partial charge < -0.3 is 10.1 Å². The molecule has 0 radical (unpaired) electrons. The number of halogens is 1. The number of rotatable bonds is 2. The van der Waals surface area contributed by atoms with Crippen LogP contribution in [0.15, 0.2) is 23.1 Å². The fraction of sp³-hybridized carbons (Fsp3) is 0.333. The van der Waals surface area contributed by atoms with Crippen LogP contribution in [0.2, 0.25) is 5.02 Å². The number of fused-ring (bicyclic) bond motifs is 1. The molecule has 1 aromatic rings. The maximum Gasteiger partial charge on any atom is 0.306 e. The SMILES string of the molecule is COC(=O)CC1CC(=O)Nc2cc(Cl)ccc2S1. The number of methoxy groups -OCH3 is 1. The number of thioether (sulfide) groups is 1. The highest BCUT2D eigenvalue weighted by molar-refractivity contribution is 8.00. The number of benzene rings is 1. The van der Waals surface area contributed by atoms with Gasteiger partial charge in [-0.05, 0) is 18.2 Å². The molecule has 1 amide bonds. The van der Waals surface area contributed by atoms with Gasteiger partial charge in [-0.1, -0.05) is 11.6 Å². The highest BCUT2D eigenvalue weighted by atomic mass is 35.5. The van der Waals surface area contributed by atoms with Crippen LogP contribution in [0.25, 0.3) is 0 Å². The molecule has 0 bridgehead atoms. The Bertz CT molecular complexity index is 492. The van der Waals surface area contributed by atoms with Crippen LogP contribution >= 0.6 is 23.4 Å². The van der Waals surface area contributed by atoms with Gasteiger partial charge in [-0.15, -0.1) is 11.8 Å². The molecule has 1 aliphatic heterocycles. The first-order chi connectivity index (χ1) is 8.58. The van der Waals surface area contributed by atoms with Crippen molar-refractivity contribution < 1.29 is 14.3 Å². The highest BCUT2D eigenvalue weighted by Crippen LogP contribution is 2.37. The maximum absolute atomic E-state index is 11.7. The van der Waals surface area contributed by atoms with Gasteiger partial charge in [-0.2, -0.15) is 0 Å². The van der Waals surface area contributed by atoms with Gasteiger partial charge in [-0.3, -0.25) is 9.59 Å². The van der Waals surface area contributed by atoms with Crippen LogP contribution in [-0.2, 0) is 14.3 Å². The number of carbonyl (C=O) groups excluding carboxylic acids is 2. The molecule has 6 heteroatoms. The Morgan fingerprint density at radius 2 is 2.39 bits per heavy atom. The van der Waals surface area contributed by atoms with E-state index in [0.717, 1.165) is 4.90 Å². The number of hydrogen-bond acceptors (Lipinski definition) is 4. The Labute approximate surface area is 114 Å². The second-order valence-electron chi connectivity index (χ2n) is 3.91. The average Bonchev–Trinajstić information content (AvgIpc) is 2.46. The van der Waals surface area contributed by atoms with Crippen molar-refractivity contribution in [3.63, 3.8) is 0 Å². The number of anilines is 1. The summed E-state index contributed by atoms with van der Waals surface area (Å²) in [6.45, 7) is 0. The Morgan fingerprint density at radius 1 is 1.61 bits per heavy atom. The van der Waals surface area contributed by atoms with Gasteiger partial charge in [0.1, 0.15) is 0 Å². The van der Waals surface area contributed by atoms with E-state index in [1.165, 1.54) is 18.9 Å². The van der Waals surface area contributed by atoms with Crippen LogP contribution < -0.4 is 5.32 Å². The summed E-state index contributed by atoms with van der Waals surface area (Å²) in [5.41, 5.74) is 0.699. The van der Waals surface area contributed by atoms with Crippen LogP contribution in [0.3, 0.4) is 0 Å². The molecule has 96 valence electrons. The molecule has 1 aromatic carbocycles. The van der Waals surface area contributed by atoms with E-state index in [2.05, 4.69) is 10.1 Å². The van der Waals surface area contributed by atoms with Crippen molar-refractivity contribution in [2.24, 2.45) is 0 Å². The zero-order valence-electron chi connectivity index (χ0n) is 9.73. The molecule has 2 rings (SSSR count). The number of esters is 1. The summed E-state index contributed by atoms with van der Waals surface area (Å²) < 4.78 is 4.63. The molecule has 4 nitrogen and oxygen atoms in total. The second kappa shape index (κ2) is 5.63. The van der Waals surface area contributed by atoms with Gasteiger partial charge in [0.15, 0.2) is 0 Å². The van der Waals surface area contributed by atoms with Crippen molar-refractivity contribution >= 4 is 40.9 Å². The number of hydrogen-bond donors (Lipinski definition) is 1. The fourth-order valence-corrected chi connectivity index (χ4v) is 3.08. The lowest BCUT2D eigenvalue weighted by Gasteiger charge is -2.11. The van der Waals surface area contributed by atoms with E-state index in [1.54, 1.807) is 12.1 Å². The van der Waals surface area contributed by atoms with Crippen molar-refractivity contribution in [3.8, 4) is 0 Å². The lowest BCUT2D eigenvalue weighted by atomic mass is 10.2. The molecular weight excluding hydrogens is 274 g/mol. The summed E-state index contributed by atoms with van der Waals surface area (Å²) in [6, 6.07) is 5.32. The fourth-order valence-electron chi connectivity index (χ4n) is 1.71. The minimum absolute atomic E-state index is 0.111. The summed E-state index contributed by atoms with van der Waals surface area (Å²) in [7, 11) is 1.34. The standard InChI is InChI=1S/C12H12ClNO3S/c1-17-12(16)6-8-5-11(15)14-9-4-7(13)2-3-10(9)18-8/h2-4,8H,5-6H2,1H3,(H,14,15). The van der Waals surface area contributed by atoms with Crippen molar-refractivity contribution in [2.75, 3.05) is 12.4 Å². The Balaban J connectivity index is 2.21.